The Bertz CT molecular complexity index is 918. The molecule has 1 aliphatic heterocycles. The molecule has 2 unspecified atom stereocenters. The van der Waals surface area contributed by atoms with Crippen molar-refractivity contribution in [3.05, 3.63) is 57.0 Å². The number of nitriles is 3. The standard InChI is InChI=1S/C18H12BrFN4S/c19-10-1-2-15(20)12(5-10)16-14-7-25-4-3-11(14)13(6-21)17(24)18(16,8-22)9-23/h1-3,5,14,16H,4,7,24H2. The van der Waals surface area contributed by atoms with Crippen LogP contribution in [0.3, 0.4) is 0 Å². The number of halogens is 2. The topological polar surface area (TPSA) is 97.4 Å². The molecule has 0 saturated heterocycles. The van der Waals surface area contributed by atoms with E-state index in [1.54, 1.807) is 23.9 Å². The van der Waals surface area contributed by atoms with Gasteiger partial charge in [-0.3, -0.25) is 0 Å². The van der Waals surface area contributed by atoms with Gasteiger partial charge in [0.05, 0.1) is 23.4 Å². The minimum Gasteiger partial charge on any atom is -0.399 e. The summed E-state index contributed by atoms with van der Waals surface area (Å²) in [6.07, 6.45) is 1.89. The molecule has 0 aromatic heterocycles. The lowest BCUT2D eigenvalue weighted by atomic mass is 9.59. The van der Waals surface area contributed by atoms with Gasteiger partial charge in [0.2, 0.25) is 0 Å². The first kappa shape index (κ1) is 17.5. The van der Waals surface area contributed by atoms with Crippen LogP contribution < -0.4 is 5.73 Å². The third kappa shape index (κ3) is 2.54. The average Bonchev–Trinajstić information content (AvgIpc) is 2.63. The molecule has 0 amide bonds. The van der Waals surface area contributed by atoms with Crippen LogP contribution in [0.25, 0.3) is 0 Å². The molecule has 0 radical (unpaired) electrons. The number of fused-ring (bicyclic) bond motifs is 1. The second-order valence-electron chi connectivity index (χ2n) is 5.88. The molecular weight excluding hydrogens is 403 g/mol. The minimum atomic E-state index is -1.79. The van der Waals surface area contributed by atoms with E-state index in [2.05, 4.69) is 15.9 Å². The van der Waals surface area contributed by atoms with E-state index in [-0.39, 0.29) is 22.8 Å². The number of nitrogens with zero attached hydrogens (tertiary/aromatic N) is 3. The summed E-state index contributed by atoms with van der Waals surface area (Å²) in [5.41, 5.74) is 5.43. The van der Waals surface area contributed by atoms with Gasteiger partial charge in [-0.05, 0) is 29.3 Å². The first-order chi connectivity index (χ1) is 12.0. The Hall–Kier alpha value is -2.27. The molecule has 124 valence electrons. The van der Waals surface area contributed by atoms with E-state index in [1.165, 1.54) is 6.07 Å². The van der Waals surface area contributed by atoms with Crippen molar-refractivity contribution in [1.82, 2.24) is 0 Å². The van der Waals surface area contributed by atoms with Gasteiger partial charge >= 0.3 is 0 Å². The summed E-state index contributed by atoms with van der Waals surface area (Å²) in [7, 11) is 0. The maximum Gasteiger partial charge on any atom is 0.191 e. The summed E-state index contributed by atoms with van der Waals surface area (Å²) in [5, 5.41) is 29.2. The smallest absolute Gasteiger partial charge is 0.191 e. The Kier molecular flexibility index (Phi) is 4.60. The van der Waals surface area contributed by atoms with Gasteiger partial charge in [0.15, 0.2) is 5.41 Å². The third-order valence-electron chi connectivity index (χ3n) is 4.73. The summed E-state index contributed by atoms with van der Waals surface area (Å²) < 4.78 is 15.3. The van der Waals surface area contributed by atoms with Crippen LogP contribution in [0.4, 0.5) is 4.39 Å². The lowest BCUT2D eigenvalue weighted by molar-refractivity contribution is 0.357. The van der Waals surface area contributed by atoms with Crippen LogP contribution >= 0.6 is 27.7 Å². The summed E-state index contributed by atoms with van der Waals surface area (Å²) in [6.45, 7) is 0. The molecule has 25 heavy (non-hydrogen) atoms. The Morgan fingerprint density at radius 3 is 2.64 bits per heavy atom. The zero-order valence-electron chi connectivity index (χ0n) is 13.0. The highest BCUT2D eigenvalue weighted by Crippen LogP contribution is 2.55. The van der Waals surface area contributed by atoms with E-state index in [1.807, 2.05) is 24.3 Å². The van der Waals surface area contributed by atoms with Crippen molar-refractivity contribution in [1.29, 1.82) is 15.8 Å². The quantitative estimate of drug-likeness (QED) is 0.754. The molecule has 1 aliphatic carbocycles. The predicted molar refractivity (Wildman–Crippen MR) is 96.2 cm³/mol. The number of rotatable bonds is 1. The molecule has 1 aromatic rings. The lowest BCUT2D eigenvalue weighted by Gasteiger charge is -2.43. The Balaban J connectivity index is 2.38. The monoisotopic (exact) mass is 414 g/mol. The molecule has 7 heteroatoms. The zero-order valence-corrected chi connectivity index (χ0v) is 15.4. The molecule has 2 N–H and O–H groups in total. The molecule has 0 saturated carbocycles. The van der Waals surface area contributed by atoms with Gasteiger partial charge in [-0.2, -0.15) is 27.5 Å². The van der Waals surface area contributed by atoms with Crippen LogP contribution in [0.15, 0.2) is 45.6 Å². The van der Waals surface area contributed by atoms with Crippen LogP contribution in [0.5, 0.6) is 0 Å². The highest BCUT2D eigenvalue weighted by molar-refractivity contribution is 9.10. The molecule has 1 heterocycles. The van der Waals surface area contributed by atoms with E-state index in [0.717, 1.165) is 0 Å². The number of benzene rings is 1. The van der Waals surface area contributed by atoms with Gasteiger partial charge in [-0.25, -0.2) is 4.39 Å². The SMILES string of the molecule is N#CC1=C(N)C(C#N)(C#N)C(c2cc(Br)ccc2F)C2CSCC=C12. The second-order valence-corrected chi connectivity index (χ2v) is 7.87. The number of thioether (sulfide) groups is 1. The van der Waals surface area contributed by atoms with Crippen molar-refractivity contribution in [2.75, 3.05) is 11.5 Å². The second kappa shape index (κ2) is 6.56. The molecule has 0 fully saturated rings. The van der Waals surface area contributed by atoms with Crippen LogP contribution in [-0.2, 0) is 0 Å². The van der Waals surface area contributed by atoms with E-state index < -0.39 is 17.2 Å². The van der Waals surface area contributed by atoms with Crippen LogP contribution in [0.1, 0.15) is 11.5 Å². The van der Waals surface area contributed by atoms with Crippen molar-refractivity contribution < 1.29 is 4.39 Å². The first-order valence-corrected chi connectivity index (χ1v) is 9.41. The Morgan fingerprint density at radius 2 is 2.00 bits per heavy atom. The third-order valence-corrected chi connectivity index (χ3v) is 6.22. The molecule has 1 aromatic carbocycles. The van der Waals surface area contributed by atoms with Gasteiger partial charge in [0, 0.05) is 27.8 Å². The van der Waals surface area contributed by atoms with Crippen LogP contribution in [-0.4, -0.2) is 11.5 Å². The fourth-order valence-corrected chi connectivity index (χ4v) is 5.02. The summed E-state index contributed by atoms with van der Waals surface area (Å²) in [4.78, 5) is 0. The molecule has 4 nitrogen and oxygen atoms in total. The van der Waals surface area contributed by atoms with Gasteiger partial charge in [0.25, 0.3) is 0 Å². The van der Waals surface area contributed by atoms with E-state index >= 15 is 0 Å². The average molecular weight is 415 g/mol. The Labute approximate surface area is 157 Å². The van der Waals surface area contributed by atoms with Gasteiger partial charge < -0.3 is 5.73 Å². The van der Waals surface area contributed by atoms with Gasteiger partial charge in [0.1, 0.15) is 11.9 Å². The molecular formula is C18H12BrFN4S. The molecule has 2 aliphatic rings. The Morgan fingerprint density at radius 1 is 1.28 bits per heavy atom. The summed E-state index contributed by atoms with van der Waals surface area (Å²) >= 11 is 4.95. The van der Waals surface area contributed by atoms with Crippen molar-refractivity contribution in [3.63, 3.8) is 0 Å². The molecule has 3 rings (SSSR count). The first-order valence-electron chi connectivity index (χ1n) is 7.46. The molecule has 0 bridgehead atoms. The van der Waals surface area contributed by atoms with Crippen molar-refractivity contribution in [2.24, 2.45) is 17.1 Å². The highest BCUT2D eigenvalue weighted by Gasteiger charge is 2.54. The number of nitrogens with two attached hydrogens (primary N) is 1. The highest BCUT2D eigenvalue weighted by atomic mass is 79.9. The molecule has 2 atom stereocenters. The molecule has 0 spiro atoms. The van der Waals surface area contributed by atoms with Crippen molar-refractivity contribution in [3.8, 4) is 18.2 Å². The van der Waals surface area contributed by atoms with E-state index in [4.69, 9.17) is 5.73 Å². The summed E-state index contributed by atoms with van der Waals surface area (Å²) in [5.74, 6) is -0.304. The van der Waals surface area contributed by atoms with Crippen molar-refractivity contribution in [2.45, 2.75) is 5.92 Å². The van der Waals surface area contributed by atoms with Crippen LogP contribution in [0, 0.1) is 51.1 Å². The summed E-state index contributed by atoms with van der Waals surface area (Å²) in [6, 6.07) is 10.5. The number of hydrogen-bond acceptors (Lipinski definition) is 5. The maximum atomic E-state index is 14.6. The minimum absolute atomic E-state index is 0.0845. The number of hydrogen-bond donors (Lipinski definition) is 1. The lowest BCUT2D eigenvalue weighted by Crippen LogP contribution is -2.44. The fourth-order valence-electron chi connectivity index (χ4n) is 3.58. The van der Waals surface area contributed by atoms with E-state index in [9.17, 15) is 20.2 Å². The van der Waals surface area contributed by atoms with Gasteiger partial charge in [-0.1, -0.05) is 22.0 Å². The van der Waals surface area contributed by atoms with Gasteiger partial charge in [-0.15, -0.1) is 0 Å². The maximum absolute atomic E-state index is 14.6. The normalized spacial score (nSPS) is 24.4. The fraction of sp³-hybridized carbons (Fsp3) is 0.278. The van der Waals surface area contributed by atoms with Crippen LogP contribution in [0.2, 0.25) is 0 Å². The zero-order chi connectivity index (χ0) is 18.2. The van der Waals surface area contributed by atoms with E-state index in [0.29, 0.717) is 21.6 Å². The number of allylic oxidation sites excluding steroid dienone is 3. The van der Waals surface area contributed by atoms with Crippen molar-refractivity contribution >= 4 is 27.7 Å². The largest absolute Gasteiger partial charge is 0.399 e. The predicted octanol–water partition coefficient (Wildman–Crippen LogP) is 3.74.